The van der Waals surface area contributed by atoms with Gasteiger partial charge in [0.05, 0.1) is 12.7 Å². The van der Waals surface area contributed by atoms with Crippen molar-refractivity contribution in [2.24, 2.45) is 0 Å². The second-order valence-corrected chi connectivity index (χ2v) is 10.9. The van der Waals surface area contributed by atoms with Crippen LogP contribution < -0.4 is 15.0 Å². The number of fused-ring (bicyclic) bond motifs is 1. The molecule has 6 heteroatoms. The summed E-state index contributed by atoms with van der Waals surface area (Å²) in [5.74, 6) is 0.184. The summed E-state index contributed by atoms with van der Waals surface area (Å²) in [6, 6.07) is 26.9. The maximum atomic E-state index is 13.4. The number of rotatable bonds is 12. The molecule has 0 spiro atoms. The van der Waals surface area contributed by atoms with Gasteiger partial charge in [-0.15, -0.1) is 0 Å². The molecule has 0 saturated heterocycles. The van der Waals surface area contributed by atoms with E-state index < -0.39 is 11.6 Å². The molecule has 0 fully saturated rings. The number of methoxy groups -OCH3 is 1. The minimum absolute atomic E-state index is 0.0650. The van der Waals surface area contributed by atoms with Gasteiger partial charge in [-0.05, 0) is 67.8 Å². The molecule has 218 valence electrons. The molecule has 0 aliphatic carbocycles. The lowest BCUT2D eigenvalue weighted by Crippen LogP contribution is -2.31. The smallest absolute Gasteiger partial charge is 0.340 e. The SMILES string of the molecule is CCCCN(CCCC)c1ccc(C2(c3cc(Nc4ccccc4)c(C)cc3OC)OC(=O)c3ccccc32)c(O)c1. The number of phenols is 1. The predicted molar refractivity (Wildman–Crippen MR) is 169 cm³/mol. The van der Waals surface area contributed by atoms with Crippen molar-refractivity contribution in [3.05, 3.63) is 113 Å². The highest BCUT2D eigenvalue weighted by atomic mass is 16.6. The normalized spacial score (nSPS) is 15.7. The largest absolute Gasteiger partial charge is 0.507 e. The second-order valence-electron chi connectivity index (χ2n) is 10.9. The van der Waals surface area contributed by atoms with E-state index in [4.69, 9.17) is 9.47 Å². The molecule has 0 bridgehead atoms. The number of unbranched alkanes of at least 4 members (excludes halogenated alkanes) is 2. The van der Waals surface area contributed by atoms with E-state index in [9.17, 15) is 9.90 Å². The van der Waals surface area contributed by atoms with E-state index in [0.29, 0.717) is 28.0 Å². The summed E-state index contributed by atoms with van der Waals surface area (Å²) in [6.07, 6.45) is 4.32. The third kappa shape index (κ3) is 5.41. The lowest BCUT2D eigenvalue weighted by molar-refractivity contribution is 0.0239. The number of hydrogen-bond donors (Lipinski definition) is 2. The first-order valence-corrected chi connectivity index (χ1v) is 14.8. The Morgan fingerprint density at radius 2 is 1.55 bits per heavy atom. The van der Waals surface area contributed by atoms with Crippen LogP contribution in [-0.4, -0.2) is 31.3 Å². The van der Waals surface area contributed by atoms with Crippen LogP contribution in [0, 0.1) is 6.92 Å². The molecule has 4 aromatic rings. The van der Waals surface area contributed by atoms with Crippen molar-refractivity contribution in [2.75, 3.05) is 30.4 Å². The van der Waals surface area contributed by atoms with Crippen molar-refractivity contribution in [1.82, 2.24) is 0 Å². The molecule has 0 amide bonds. The monoisotopic (exact) mass is 564 g/mol. The van der Waals surface area contributed by atoms with E-state index in [2.05, 4.69) is 24.1 Å². The highest BCUT2D eigenvalue weighted by Crippen LogP contribution is 2.53. The third-order valence-corrected chi connectivity index (χ3v) is 8.04. The van der Waals surface area contributed by atoms with Crippen molar-refractivity contribution in [2.45, 2.75) is 52.1 Å². The van der Waals surface area contributed by atoms with Gasteiger partial charge in [0.2, 0.25) is 0 Å². The number of aromatic hydroxyl groups is 1. The van der Waals surface area contributed by atoms with Gasteiger partial charge in [0, 0.05) is 52.9 Å². The number of nitrogens with one attached hydrogen (secondary N) is 1. The minimum Gasteiger partial charge on any atom is -0.507 e. The summed E-state index contributed by atoms with van der Waals surface area (Å²) in [4.78, 5) is 15.8. The third-order valence-electron chi connectivity index (χ3n) is 8.04. The van der Waals surface area contributed by atoms with Gasteiger partial charge in [-0.25, -0.2) is 4.79 Å². The number of aryl methyl sites for hydroxylation is 1. The lowest BCUT2D eigenvalue weighted by Gasteiger charge is -2.33. The number of anilines is 3. The molecule has 1 atom stereocenters. The van der Waals surface area contributed by atoms with Crippen molar-refractivity contribution < 1.29 is 19.4 Å². The van der Waals surface area contributed by atoms with Gasteiger partial charge in [-0.1, -0.05) is 63.1 Å². The molecule has 0 radical (unpaired) electrons. The Labute approximate surface area is 248 Å². The maximum absolute atomic E-state index is 13.4. The molecule has 1 heterocycles. The average molecular weight is 565 g/mol. The first kappa shape index (κ1) is 29.1. The van der Waals surface area contributed by atoms with E-state index in [0.717, 1.165) is 61.4 Å². The standard InChI is InChI=1S/C36H40N2O4/c1-5-7-20-38(21-8-6-2)27-18-19-30(33(39)23-27)36(29-17-13-12-16-28(29)35(40)42-36)31-24-32(25(3)22-34(31)41-4)37-26-14-10-9-11-15-26/h9-19,22-24,37,39H,5-8,20-21H2,1-4H3. The molecule has 1 aliphatic rings. The first-order chi connectivity index (χ1) is 20.4. The van der Waals surface area contributed by atoms with E-state index in [1.807, 2.05) is 79.7 Å². The van der Waals surface area contributed by atoms with Crippen LogP contribution in [0.5, 0.6) is 11.5 Å². The zero-order valence-corrected chi connectivity index (χ0v) is 24.9. The average Bonchev–Trinajstić information content (AvgIpc) is 3.31. The molecule has 2 N–H and O–H groups in total. The molecule has 6 nitrogen and oxygen atoms in total. The molecule has 4 aromatic carbocycles. The Hall–Kier alpha value is -4.45. The Morgan fingerprint density at radius 3 is 2.21 bits per heavy atom. The summed E-state index contributed by atoms with van der Waals surface area (Å²) in [5.41, 5.74) is 4.53. The van der Waals surface area contributed by atoms with Gasteiger partial charge in [0.1, 0.15) is 11.5 Å². The zero-order valence-electron chi connectivity index (χ0n) is 24.9. The van der Waals surface area contributed by atoms with Gasteiger partial charge in [-0.2, -0.15) is 0 Å². The van der Waals surface area contributed by atoms with Crippen LogP contribution in [0.1, 0.15) is 72.1 Å². The fraction of sp³-hybridized carbons (Fsp3) is 0.306. The van der Waals surface area contributed by atoms with Crippen molar-refractivity contribution in [3.63, 3.8) is 0 Å². The quantitative estimate of drug-likeness (QED) is 0.169. The predicted octanol–water partition coefficient (Wildman–Crippen LogP) is 8.32. The van der Waals surface area contributed by atoms with E-state index in [-0.39, 0.29) is 5.75 Å². The van der Waals surface area contributed by atoms with Crippen LogP contribution in [0.25, 0.3) is 0 Å². The number of para-hydroxylation sites is 1. The summed E-state index contributed by atoms with van der Waals surface area (Å²) in [7, 11) is 1.61. The molecular weight excluding hydrogens is 524 g/mol. The Kier molecular flexibility index (Phi) is 8.72. The number of benzene rings is 4. The lowest BCUT2D eigenvalue weighted by atomic mass is 9.78. The zero-order chi connectivity index (χ0) is 29.7. The topological polar surface area (TPSA) is 71.0 Å². The van der Waals surface area contributed by atoms with Crippen molar-refractivity contribution in [1.29, 1.82) is 0 Å². The highest BCUT2D eigenvalue weighted by Gasteiger charge is 2.51. The van der Waals surface area contributed by atoms with E-state index in [1.54, 1.807) is 19.2 Å². The van der Waals surface area contributed by atoms with Crippen LogP contribution in [0.3, 0.4) is 0 Å². The number of cyclic esters (lactones) is 1. The van der Waals surface area contributed by atoms with Gasteiger partial charge in [0.15, 0.2) is 5.60 Å². The first-order valence-electron chi connectivity index (χ1n) is 14.8. The van der Waals surface area contributed by atoms with Gasteiger partial charge < -0.3 is 24.8 Å². The highest BCUT2D eigenvalue weighted by molar-refractivity contribution is 5.97. The van der Waals surface area contributed by atoms with Gasteiger partial charge in [-0.3, -0.25) is 0 Å². The van der Waals surface area contributed by atoms with Crippen LogP contribution in [0.2, 0.25) is 0 Å². The number of nitrogens with zero attached hydrogens (tertiary/aromatic N) is 1. The van der Waals surface area contributed by atoms with E-state index in [1.165, 1.54) is 0 Å². The Balaban J connectivity index is 1.71. The number of ether oxygens (including phenoxy) is 2. The summed E-state index contributed by atoms with van der Waals surface area (Å²) in [6.45, 7) is 8.21. The van der Waals surface area contributed by atoms with Crippen LogP contribution in [0.15, 0.2) is 84.9 Å². The molecular formula is C36H40N2O4. The Bertz CT molecular complexity index is 1540. The summed E-state index contributed by atoms with van der Waals surface area (Å²) in [5, 5.41) is 15.2. The Morgan fingerprint density at radius 1 is 0.857 bits per heavy atom. The maximum Gasteiger partial charge on any atom is 0.340 e. The van der Waals surface area contributed by atoms with Crippen molar-refractivity contribution >= 4 is 23.0 Å². The number of carbonyl (C=O) groups is 1. The van der Waals surface area contributed by atoms with E-state index >= 15 is 0 Å². The molecule has 5 rings (SSSR count). The summed E-state index contributed by atoms with van der Waals surface area (Å²) >= 11 is 0. The molecule has 0 aromatic heterocycles. The number of hydrogen-bond acceptors (Lipinski definition) is 6. The van der Waals surface area contributed by atoms with Crippen LogP contribution in [0.4, 0.5) is 17.1 Å². The van der Waals surface area contributed by atoms with Gasteiger partial charge in [0.25, 0.3) is 0 Å². The molecule has 1 aliphatic heterocycles. The summed E-state index contributed by atoms with van der Waals surface area (Å²) < 4.78 is 12.3. The fourth-order valence-electron chi connectivity index (χ4n) is 5.78. The second kappa shape index (κ2) is 12.6. The molecule has 42 heavy (non-hydrogen) atoms. The van der Waals surface area contributed by atoms with Crippen LogP contribution >= 0.6 is 0 Å². The van der Waals surface area contributed by atoms with Crippen LogP contribution in [-0.2, 0) is 10.3 Å². The van der Waals surface area contributed by atoms with Crippen molar-refractivity contribution in [3.8, 4) is 11.5 Å². The minimum atomic E-state index is -1.42. The fourth-order valence-corrected chi connectivity index (χ4v) is 5.78. The van der Waals surface area contributed by atoms with Gasteiger partial charge >= 0.3 is 5.97 Å². The number of esters is 1. The molecule has 1 unspecified atom stereocenters. The molecule has 0 saturated carbocycles. The number of carbonyl (C=O) groups excluding carboxylic acids is 1. The number of phenolic OH excluding ortho intramolecular Hbond substituents is 1.